The molecule has 2 heterocycles. The van der Waals surface area contributed by atoms with Gasteiger partial charge in [0.1, 0.15) is 6.17 Å². The zero-order valence-corrected chi connectivity index (χ0v) is 8.41. The van der Waals surface area contributed by atoms with Gasteiger partial charge in [-0.15, -0.1) is 11.3 Å². The first kappa shape index (κ1) is 8.65. The monoisotopic (exact) mass is 197 g/mol. The summed E-state index contributed by atoms with van der Waals surface area (Å²) in [6.45, 7) is 0.485. The molecule has 1 atom stereocenters. The van der Waals surface area contributed by atoms with Crippen molar-refractivity contribution in [2.24, 2.45) is 0 Å². The third-order valence-electron chi connectivity index (χ3n) is 2.28. The molecule has 13 heavy (non-hydrogen) atoms. The van der Waals surface area contributed by atoms with Crippen molar-refractivity contribution in [2.75, 3.05) is 20.6 Å². The Bertz CT molecular complexity index is 311. The van der Waals surface area contributed by atoms with Gasteiger partial charge in [-0.25, -0.2) is 4.98 Å². The summed E-state index contributed by atoms with van der Waals surface area (Å²) < 4.78 is 0. The zero-order valence-electron chi connectivity index (χ0n) is 7.60. The van der Waals surface area contributed by atoms with Gasteiger partial charge in [-0.05, 0) is 7.05 Å². The molecule has 4 nitrogen and oxygen atoms in total. The first-order valence-electron chi connectivity index (χ1n) is 4.04. The highest BCUT2D eigenvalue weighted by molar-refractivity contribution is 7.07. The first-order valence-corrected chi connectivity index (χ1v) is 4.98. The molecule has 0 N–H and O–H groups in total. The van der Waals surface area contributed by atoms with Gasteiger partial charge in [0.25, 0.3) is 0 Å². The molecule has 1 fully saturated rings. The maximum absolute atomic E-state index is 11.3. The largest absolute Gasteiger partial charge is 0.323 e. The van der Waals surface area contributed by atoms with Crippen LogP contribution in [-0.4, -0.2) is 41.3 Å². The lowest BCUT2D eigenvalue weighted by molar-refractivity contribution is -0.126. The molecule has 1 amide bonds. The molecule has 2 rings (SSSR count). The van der Waals surface area contributed by atoms with E-state index in [1.165, 1.54) is 0 Å². The Hall–Kier alpha value is -0.940. The molecule has 1 saturated heterocycles. The van der Waals surface area contributed by atoms with Crippen LogP contribution in [0.1, 0.15) is 11.9 Å². The molecule has 1 aliphatic rings. The van der Waals surface area contributed by atoms with Crippen LogP contribution in [0.15, 0.2) is 10.9 Å². The van der Waals surface area contributed by atoms with Gasteiger partial charge < -0.3 is 4.90 Å². The Kier molecular flexibility index (Phi) is 2.05. The minimum absolute atomic E-state index is 0.0266. The lowest BCUT2D eigenvalue weighted by Gasteiger charge is -2.22. The fourth-order valence-electron chi connectivity index (χ4n) is 1.62. The third-order valence-corrected chi connectivity index (χ3v) is 2.88. The van der Waals surface area contributed by atoms with E-state index in [0.717, 1.165) is 5.69 Å². The number of carbonyl (C=O) groups is 1. The van der Waals surface area contributed by atoms with Gasteiger partial charge in [0.2, 0.25) is 5.91 Å². The Morgan fingerprint density at radius 1 is 1.62 bits per heavy atom. The number of nitrogens with zero attached hydrogens (tertiary/aromatic N) is 3. The molecule has 0 aromatic carbocycles. The lowest BCUT2D eigenvalue weighted by Crippen LogP contribution is -2.27. The number of likely N-dealkylation sites (N-methyl/N-ethyl adjacent to an activating group) is 2. The summed E-state index contributed by atoms with van der Waals surface area (Å²) in [4.78, 5) is 19.3. The van der Waals surface area contributed by atoms with Crippen molar-refractivity contribution < 1.29 is 4.79 Å². The number of aromatic nitrogens is 1. The van der Waals surface area contributed by atoms with E-state index in [-0.39, 0.29) is 12.1 Å². The molecule has 0 radical (unpaired) electrons. The van der Waals surface area contributed by atoms with Crippen molar-refractivity contribution >= 4 is 17.2 Å². The summed E-state index contributed by atoms with van der Waals surface area (Å²) in [6, 6.07) is 0. The highest BCUT2D eigenvalue weighted by atomic mass is 32.1. The van der Waals surface area contributed by atoms with E-state index >= 15 is 0 Å². The molecule has 0 bridgehead atoms. The number of hydrogen-bond donors (Lipinski definition) is 0. The Morgan fingerprint density at radius 3 is 2.85 bits per heavy atom. The van der Waals surface area contributed by atoms with Gasteiger partial charge in [0, 0.05) is 12.4 Å². The first-order chi connectivity index (χ1) is 6.20. The predicted octanol–water partition coefficient (Wildman–Crippen LogP) is 0.545. The van der Waals surface area contributed by atoms with Gasteiger partial charge in [-0.1, -0.05) is 0 Å². The molecule has 1 unspecified atom stereocenters. The molecule has 5 heteroatoms. The predicted molar refractivity (Wildman–Crippen MR) is 50.3 cm³/mol. The van der Waals surface area contributed by atoms with Crippen molar-refractivity contribution in [3.63, 3.8) is 0 Å². The van der Waals surface area contributed by atoms with E-state index in [4.69, 9.17) is 0 Å². The van der Waals surface area contributed by atoms with Gasteiger partial charge >= 0.3 is 0 Å². The Balaban J connectivity index is 2.29. The van der Waals surface area contributed by atoms with Gasteiger partial charge in [-0.3, -0.25) is 9.69 Å². The topological polar surface area (TPSA) is 36.4 Å². The average Bonchev–Trinajstić information content (AvgIpc) is 2.63. The van der Waals surface area contributed by atoms with E-state index in [0.29, 0.717) is 6.54 Å². The van der Waals surface area contributed by atoms with Crippen molar-refractivity contribution in [1.82, 2.24) is 14.8 Å². The highest BCUT2D eigenvalue weighted by Crippen LogP contribution is 2.26. The van der Waals surface area contributed by atoms with Crippen LogP contribution in [0.25, 0.3) is 0 Å². The van der Waals surface area contributed by atoms with Crippen LogP contribution in [0.4, 0.5) is 0 Å². The number of hydrogen-bond acceptors (Lipinski definition) is 4. The second-order valence-corrected chi connectivity index (χ2v) is 3.93. The number of thiazole rings is 1. The second-order valence-electron chi connectivity index (χ2n) is 3.21. The van der Waals surface area contributed by atoms with Crippen LogP contribution in [0.3, 0.4) is 0 Å². The summed E-state index contributed by atoms with van der Waals surface area (Å²) in [5, 5.41) is 1.98. The van der Waals surface area contributed by atoms with E-state index < -0.39 is 0 Å². The fraction of sp³-hybridized carbons (Fsp3) is 0.500. The maximum Gasteiger partial charge on any atom is 0.238 e. The molecular formula is C8H11N3OS. The van der Waals surface area contributed by atoms with Crippen LogP contribution in [0.5, 0.6) is 0 Å². The van der Waals surface area contributed by atoms with Gasteiger partial charge in [0.05, 0.1) is 17.7 Å². The van der Waals surface area contributed by atoms with Gasteiger partial charge in [0.15, 0.2) is 0 Å². The summed E-state index contributed by atoms with van der Waals surface area (Å²) in [5.74, 6) is 0.153. The molecule has 1 aromatic heterocycles. The quantitative estimate of drug-likeness (QED) is 0.659. The van der Waals surface area contributed by atoms with E-state index in [1.807, 2.05) is 24.4 Å². The smallest absolute Gasteiger partial charge is 0.238 e. The molecule has 70 valence electrons. The Labute approximate surface area is 80.8 Å². The molecule has 0 spiro atoms. The van der Waals surface area contributed by atoms with Crippen LogP contribution >= 0.6 is 11.3 Å². The van der Waals surface area contributed by atoms with Crippen molar-refractivity contribution in [2.45, 2.75) is 6.17 Å². The van der Waals surface area contributed by atoms with Crippen LogP contribution in [0.2, 0.25) is 0 Å². The molecule has 0 saturated carbocycles. The van der Waals surface area contributed by atoms with Crippen molar-refractivity contribution in [3.8, 4) is 0 Å². The van der Waals surface area contributed by atoms with E-state index in [9.17, 15) is 4.79 Å². The molecule has 1 aliphatic heterocycles. The molecular weight excluding hydrogens is 186 g/mol. The SMILES string of the molecule is CN1CC(=O)N(C)C1c1cscn1. The van der Waals surface area contributed by atoms with Crippen LogP contribution in [-0.2, 0) is 4.79 Å². The van der Waals surface area contributed by atoms with Gasteiger partial charge in [-0.2, -0.15) is 0 Å². The average molecular weight is 197 g/mol. The van der Waals surface area contributed by atoms with Crippen LogP contribution in [0, 0.1) is 0 Å². The van der Waals surface area contributed by atoms with E-state index in [2.05, 4.69) is 4.98 Å². The normalized spacial score (nSPS) is 24.3. The molecule has 1 aromatic rings. The summed E-state index contributed by atoms with van der Waals surface area (Å²) >= 11 is 1.56. The molecule has 0 aliphatic carbocycles. The summed E-state index contributed by atoms with van der Waals surface area (Å²) in [5.41, 5.74) is 2.75. The number of carbonyl (C=O) groups excluding carboxylic acids is 1. The second kappa shape index (κ2) is 3.08. The fourth-order valence-corrected chi connectivity index (χ4v) is 2.18. The van der Waals surface area contributed by atoms with Crippen LogP contribution < -0.4 is 0 Å². The van der Waals surface area contributed by atoms with Crippen molar-refractivity contribution in [3.05, 3.63) is 16.6 Å². The summed E-state index contributed by atoms with van der Waals surface area (Å²) in [7, 11) is 3.75. The lowest BCUT2D eigenvalue weighted by atomic mass is 10.3. The minimum atomic E-state index is 0.0266. The zero-order chi connectivity index (χ0) is 9.42. The third kappa shape index (κ3) is 1.34. The Morgan fingerprint density at radius 2 is 2.38 bits per heavy atom. The number of rotatable bonds is 1. The summed E-state index contributed by atoms with van der Waals surface area (Å²) in [6.07, 6.45) is 0.0266. The van der Waals surface area contributed by atoms with E-state index in [1.54, 1.807) is 21.7 Å². The minimum Gasteiger partial charge on any atom is -0.323 e. The highest BCUT2D eigenvalue weighted by Gasteiger charge is 2.34. The maximum atomic E-state index is 11.3. The number of amides is 1. The standard InChI is InChI=1S/C8H11N3OS/c1-10-3-7(12)11(2)8(10)6-4-13-5-9-6/h4-5,8H,3H2,1-2H3. The van der Waals surface area contributed by atoms with Crippen molar-refractivity contribution in [1.29, 1.82) is 0 Å².